The fourth-order valence-electron chi connectivity index (χ4n) is 1.46. The van der Waals surface area contributed by atoms with Gasteiger partial charge in [-0.2, -0.15) is 0 Å². The van der Waals surface area contributed by atoms with Gasteiger partial charge in [-0.15, -0.1) is 0 Å². The van der Waals surface area contributed by atoms with Gasteiger partial charge in [-0.25, -0.2) is 0 Å². The lowest BCUT2D eigenvalue weighted by Crippen LogP contribution is -1.94. The molecule has 0 aliphatic carbocycles. The molecule has 0 bridgehead atoms. The van der Waals surface area contributed by atoms with Crippen LogP contribution in [-0.2, 0) is 0 Å². The molecule has 0 spiro atoms. The first-order chi connectivity index (χ1) is 5.52. The van der Waals surface area contributed by atoms with E-state index >= 15 is 0 Å². The van der Waals surface area contributed by atoms with Gasteiger partial charge in [0.25, 0.3) is 0 Å². The average Bonchev–Trinajstić information content (AvgIpc) is 1.96. The van der Waals surface area contributed by atoms with Crippen LogP contribution in [0.4, 0.5) is 0 Å². The zero-order valence-electron chi connectivity index (χ0n) is 8.11. The van der Waals surface area contributed by atoms with Crippen LogP contribution in [0.5, 0.6) is 0 Å². The first-order valence-electron chi connectivity index (χ1n) is 4.29. The number of aryl methyl sites for hydroxylation is 2. The van der Waals surface area contributed by atoms with Crippen molar-refractivity contribution in [2.45, 2.75) is 33.6 Å². The molecule has 0 amide bonds. The highest BCUT2D eigenvalue weighted by atomic mass is 127. The third kappa shape index (κ3) is 2.00. The van der Waals surface area contributed by atoms with Crippen LogP contribution < -0.4 is 0 Å². The molecule has 0 atom stereocenters. The SMILES string of the molecule is Cc1cc(C)c(C(C)C)cc1I. The Morgan fingerprint density at radius 2 is 1.67 bits per heavy atom. The van der Waals surface area contributed by atoms with Gasteiger partial charge in [0, 0.05) is 3.57 Å². The number of hydrogen-bond acceptors (Lipinski definition) is 0. The van der Waals surface area contributed by atoms with Crippen molar-refractivity contribution in [3.63, 3.8) is 0 Å². The van der Waals surface area contributed by atoms with E-state index in [0.29, 0.717) is 5.92 Å². The summed E-state index contributed by atoms with van der Waals surface area (Å²) in [4.78, 5) is 0. The fourth-order valence-corrected chi connectivity index (χ4v) is 1.95. The molecule has 1 rings (SSSR count). The number of benzene rings is 1. The van der Waals surface area contributed by atoms with Crippen LogP contribution in [0.2, 0.25) is 0 Å². The maximum atomic E-state index is 2.40. The molecule has 0 aliphatic rings. The van der Waals surface area contributed by atoms with Crippen molar-refractivity contribution in [1.29, 1.82) is 0 Å². The molecule has 0 heterocycles. The zero-order valence-corrected chi connectivity index (χ0v) is 10.3. The number of halogens is 1. The summed E-state index contributed by atoms with van der Waals surface area (Å²) in [6, 6.07) is 4.58. The molecule has 1 heteroatoms. The quantitative estimate of drug-likeness (QED) is 0.678. The summed E-state index contributed by atoms with van der Waals surface area (Å²) in [5, 5.41) is 0. The topological polar surface area (TPSA) is 0 Å². The van der Waals surface area contributed by atoms with Gasteiger partial charge in [0.2, 0.25) is 0 Å². The highest BCUT2D eigenvalue weighted by Gasteiger charge is 2.05. The van der Waals surface area contributed by atoms with Crippen molar-refractivity contribution < 1.29 is 0 Å². The van der Waals surface area contributed by atoms with Crippen molar-refractivity contribution >= 4 is 22.6 Å². The predicted octanol–water partition coefficient (Wildman–Crippen LogP) is 4.03. The lowest BCUT2D eigenvalue weighted by Gasteiger charge is -2.11. The van der Waals surface area contributed by atoms with E-state index in [0.717, 1.165) is 0 Å². The summed E-state index contributed by atoms with van der Waals surface area (Å²) in [6.45, 7) is 8.85. The smallest absolute Gasteiger partial charge is 0.0162 e. The van der Waals surface area contributed by atoms with Crippen LogP contribution in [0.1, 0.15) is 36.5 Å². The second-order valence-corrected chi connectivity index (χ2v) is 4.77. The summed E-state index contributed by atoms with van der Waals surface area (Å²) < 4.78 is 1.38. The molecule has 0 nitrogen and oxygen atoms in total. The second kappa shape index (κ2) is 3.77. The van der Waals surface area contributed by atoms with Crippen molar-refractivity contribution in [2.75, 3.05) is 0 Å². The van der Waals surface area contributed by atoms with Crippen LogP contribution in [0, 0.1) is 17.4 Å². The Balaban J connectivity index is 3.23. The largest absolute Gasteiger partial charge is 0.0587 e. The molecule has 0 fully saturated rings. The predicted molar refractivity (Wildman–Crippen MR) is 62.7 cm³/mol. The van der Waals surface area contributed by atoms with E-state index in [-0.39, 0.29) is 0 Å². The Labute approximate surface area is 88.5 Å². The van der Waals surface area contributed by atoms with Crippen LogP contribution >= 0.6 is 22.6 Å². The molecule has 0 aromatic heterocycles. The van der Waals surface area contributed by atoms with E-state index in [9.17, 15) is 0 Å². The number of hydrogen-bond donors (Lipinski definition) is 0. The van der Waals surface area contributed by atoms with Crippen molar-refractivity contribution in [1.82, 2.24) is 0 Å². The summed E-state index contributed by atoms with van der Waals surface area (Å²) in [5.74, 6) is 0.638. The minimum absolute atomic E-state index is 0.638. The van der Waals surface area contributed by atoms with Crippen LogP contribution in [-0.4, -0.2) is 0 Å². The lowest BCUT2D eigenvalue weighted by atomic mass is 9.97. The van der Waals surface area contributed by atoms with Crippen LogP contribution in [0.15, 0.2) is 12.1 Å². The molecular weight excluding hydrogens is 259 g/mol. The zero-order chi connectivity index (χ0) is 9.30. The molecule has 66 valence electrons. The van der Waals surface area contributed by atoms with E-state index in [1.807, 2.05) is 0 Å². The molecule has 1 aromatic rings. The van der Waals surface area contributed by atoms with Gasteiger partial charge in [-0.3, -0.25) is 0 Å². The van der Waals surface area contributed by atoms with E-state index in [1.165, 1.54) is 20.3 Å². The molecular formula is C11H15I. The van der Waals surface area contributed by atoms with Gasteiger partial charge in [-0.05, 0) is 65.1 Å². The second-order valence-electron chi connectivity index (χ2n) is 3.61. The summed E-state index contributed by atoms with van der Waals surface area (Å²) in [6.07, 6.45) is 0. The molecule has 0 saturated carbocycles. The van der Waals surface area contributed by atoms with Gasteiger partial charge in [-0.1, -0.05) is 19.9 Å². The first kappa shape index (κ1) is 10.0. The molecule has 0 unspecified atom stereocenters. The van der Waals surface area contributed by atoms with E-state index in [2.05, 4.69) is 62.4 Å². The molecule has 0 saturated heterocycles. The average molecular weight is 274 g/mol. The van der Waals surface area contributed by atoms with Gasteiger partial charge in [0.1, 0.15) is 0 Å². The monoisotopic (exact) mass is 274 g/mol. The molecule has 12 heavy (non-hydrogen) atoms. The van der Waals surface area contributed by atoms with Gasteiger partial charge < -0.3 is 0 Å². The van der Waals surface area contributed by atoms with Crippen molar-refractivity contribution in [3.8, 4) is 0 Å². The molecule has 0 N–H and O–H groups in total. The van der Waals surface area contributed by atoms with Crippen molar-refractivity contribution in [3.05, 3.63) is 32.4 Å². The Hall–Kier alpha value is -0.0500. The van der Waals surface area contributed by atoms with Crippen LogP contribution in [0.25, 0.3) is 0 Å². The summed E-state index contributed by atoms with van der Waals surface area (Å²) in [7, 11) is 0. The third-order valence-electron chi connectivity index (χ3n) is 2.17. The Kier molecular flexibility index (Phi) is 3.16. The fraction of sp³-hybridized carbons (Fsp3) is 0.455. The van der Waals surface area contributed by atoms with Gasteiger partial charge >= 0.3 is 0 Å². The molecule has 0 radical (unpaired) electrons. The third-order valence-corrected chi connectivity index (χ3v) is 3.33. The van der Waals surface area contributed by atoms with E-state index in [4.69, 9.17) is 0 Å². The summed E-state index contributed by atoms with van der Waals surface area (Å²) in [5.41, 5.74) is 4.28. The van der Waals surface area contributed by atoms with Crippen molar-refractivity contribution in [2.24, 2.45) is 0 Å². The number of rotatable bonds is 1. The molecule has 0 aliphatic heterocycles. The Bertz CT molecular complexity index is 287. The highest BCUT2D eigenvalue weighted by molar-refractivity contribution is 14.1. The maximum Gasteiger partial charge on any atom is 0.0162 e. The van der Waals surface area contributed by atoms with E-state index < -0.39 is 0 Å². The Morgan fingerprint density at radius 1 is 1.08 bits per heavy atom. The normalized spacial score (nSPS) is 10.8. The standard InChI is InChI=1S/C11H15I/c1-7(2)10-6-11(12)9(4)5-8(10)3/h5-7H,1-4H3. The molecule has 1 aromatic carbocycles. The maximum absolute atomic E-state index is 2.40. The van der Waals surface area contributed by atoms with Gasteiger partial charge in [0.15, 0.2) is 0 Å². The highest BCUT2D eigenvalue weighted by Crippen LogP contribution is 2.23. The minimum Gasteiger partial charge on any atom is -0.0587 e. The lowest BCUT2D eigenvalue weighted by molar-refractivity contribution is 0.854. The first-order valence-corrected chi connectivity index (χ1v) is 5.37. The minimum atomic E-state index is 0.638. The Morgan fingerprint density at radius 3 is 2.17 bits per heavy atom. The van der Waals surface area contributed by atoms with Crippen LogP contribution in [0.3, 0.4) is 0 Å². The van der Waals surface area contributed by atoms with Gasteiger partial charge in [0.05, 0.1) is 0 Å². The summed E-state index contributed by atoms with van der Waals surface area (Å²) >= 11 is 2.40. The van der Waals surface area contributed by atoms with E-state index in [1.54, 1.807) is 0 Å².